The predicted molar refractivity (Wildman–Crippen MR) is 80.5 cm³/mol. The molecule has 0 unspecified atom stereocenters. The van der Waals surface area contributed by atoms with E-state index in [1.54, 1.807) is 13.2 Å². The highest BCUT2D eigenvalue weighted by atomic mass is 19.1. The smallest absolute Gasteiger partial charge is 0.126 e. The van der Waals surface area contributed by atoms with E-state index in [9.17, 15) is 4.39 Å². The third-order valence-corrected chi connectivity index (χ3v) is 3.44. The molecule has 106 valence electrons. The molecule has 0 amide bonds. The van der Waals surface area contributed by atoms with Crippen LogP contribution < -0.4 is 10.1 Å². The summed E-state index contributed by atoms with van der Waals surface area (Å²) in [6.07, 6.45) is 0. The van der Waals surface area contributed by atoms with Gasteiger partial charge in [0, 0.05) is 6.54 Å². The van der Waals surface area contributed by atoms with Crippen LogP contribution in [0.25, 0.3) is 11.1 Å². The molecule has 0 aliphatic heterocycles. The van der Waals surface area contributed by atoms with E-state index in [1.165, 1.54) is 6.07 Å². The van der Waals surface area contributed by atoms with Crippen molar-refractivity contribution in [1.29, 1.82) is 0 Å². The molecule has 0 heterocycles. The molecule has 2 aromatic rings. The second kappa shape index (κ2) is 6.53. The maximum absolute atomic E-state index is 13.8. The number of benzene rings is 2. The van der Waals surface area contributed by atoms with E-state index in [-0.39, 0.29) is 5.82 Å². The maximum Gasteiger partial charge on any atom is 0.126 e. The molecule has 0 aliphatic rings. The molecule has 2 nitrogen and oxygen atoms in total. The number of rotatable bonds is 5. The van der Waals surface area contributed by atoms with Gasteiger partial charge in [-0.1, -0.05) is 25.1 Å². The molecule has 0 atom stereocenters. The molecule has 20 heavy (non-hydrogen) atoms. The number of ether oxygens (including phenoxy) is 1. The summed E-state index contributed by atoms with van der Waals surface area (Å²) in [5.41, 5.74) is 3.76. The summed E-state index contributed by atoms with van der Waals surface area (Å²) in [4.78, 5) is 0. The second-order valence-corrected chi connectivity index (χ2v) is 4.72. The fourth-order valence-corrected chi connectivity index (χ4v) is 2.26. The van der Waals surface area contributed by atoms with E-state index >= 15 is 0 Å². The van der Waals surface area contributed by atoms with Gasteiger partial charge in [0.25, 0.3) is 0 Å². The summed E-state index contributed by atoms with van der Waals surface area (Å²) >= 11 is 0. The number of methoxy groups -OCH3 is 1. The lowest BCUT2D eigenvalue weighted by Crippen LogP contribution is -2.12. The van der Waals surface area contributed by atoms with Crippen molar-refractivity contribution in [3.05, 3.63) is 53.3 Å². The number of halogens is 1. The van der Waals surface area contributed by atoms with Crippen LogP contribution in [0, 0.1) is 12.7 Å². The predicted octanol–water partition coefficient (Wildman–Crippen LogP) is 3.92. The van der Waals surface area contributed by atoms with Crippen molar-refractivity contribution < 1.29 is 9.13 Å². The van der Waals surface area contributed by atoms with E-state index in [2.05, 4.69) is 12.2 Å². The summed E-state index contributed by atoms with van der Waals surface area (Å²) in [5.74, 6) is 0.642. The van der Waals surface area contributed by atoms with Gasteiger partial charge in [0.15, 0.2) is 0 Å². The molecule has 0 fully saturated rings. The van der Waals surface area contributed by atoms with Crippen molar-refractivity contribution in [2.75, 3.05) is 13.7 Å². The van der Waals surface area contributed by atoms with Gasteiger partial charge in [-0.2, -0.15) is 0 Å². The molecule has 2 aromatic carbocycles. The van der Waals surface area contributed by atoms with E-state index in [0.29, 0.717) is 5.56 Å². The minimum Gasteiger partial charge on any atom is -0.497 e. The van der Waals surface area contributed by atoms with Crippen LogP contribution in [0.15, 0.2) is 36.4 Å². The molecular formula is C17H20FNO. The van der Waals surface area contributed by atoms with Crippen LogP contribution in [0.5, 0.6) is 5.75 Å². The first-order valence-electron chi connectivity index (χ1n) is 6.80. The summed E-state index contributed by atoms with van der Waals surface area (Å²) in [6, 6.07) is 11.1. The normalized spacial score (nSPS) is 10.6. The lowest BCUT2D eigenvalue weighted by molar-refractivity contribution is 0.414. The Bertz CT molecular complexity index is 596. The molecule has 1 N–H and O–H groups in total. The highest BCUT2D eigenvalue weighted by molar-refractivity contribution is 5.71. The average Bonchev–Trinajstić information content (AvgIpc) is 2.48. The minimum atomic E-state index is -0.173. The first-order valence-corrected chi connectivity index (χ1v) is 6.80. The van der Waals surface area contributed by atoms with Crippen LogP contribution in [0.3, 0.4) is 0 Å². The Morgan fingerprint density at radius 1 is 1.15 bits per heavy atom. The zero-order chi connectivity index (χ0) is 14.5. The highest BCUT2D eigenvalue weighted by Gasteiger charge is 2.11. The summed E-state index contributed by atoms with van der Waals surface area (Å²) in [6.45, 7) is 5.50. The van der Waals surface area contributed by atoms with Gasteiger partial charge in [-0.15, -0.1) is 0 Å². The first-order chi connectivity index (χ1) is 9.67. The zero-order valence-electron chi connectivity index (χ0n) is 12.2. The van der Waals surface area contributed by atoms with Crippen LogP contribution >= 0.6 is 0 Å². The number of hydrogen-bond acceptors (Lipinski definition) is 2. The van der Waals surface area contributed by atoms with Crippen molar-refractivity contribution in [2.45, 2.75) is 20.4 Å². The molecule has 0 saturated carbocycles. The zero-order valence-corrected chi connectivity index (χ0v) is 12.2. The van der Waals surface area contributed by atoms with Gasteiger partial charge in [-0.3, -0.25) is 0 Å². The Morgan fingerprint density at radius 3 is 2.65 bits per heavy atom. The largest absolute Gasteiger partial charge is 0.497 e. The number of hydrogen-bond donors (Lipinski definition) is 1. The van der Waals surface area contributed by atoms with Crippen LogP contribution in [0.1, 0.15) is 18.1 Å². The van der Waals surface area contributed by atoms with Crippen LogP contribution in [-0.2, 0) is 6.54 Å². The van der Waals surface area contributed by atoms with Crippen LogP contribution in [0.2, 0.25) is 0 Å². The molecule has 0 saturated heterocycles. The summed E-state index contributed by atoms with van der Waals surface area (Å²) < 4.78 is 19.0. The minimum absolute atomic E-state index is 0.173. The fourth-order valence-electron chi connectivity index (χ4n) is 2.26. The molecule has 0 spiro atoms. The fraction of sp³-hybridized carbons (Fsp3) is 0.294. The van der Waals surface area contributed by atoms with E-state index in [0.717, 1.165) is 35.5 Å². The van der Waals surface area contributed by atoms with E-state index in [1.807, 2.05) is 31.2 Å². The Morgan fingerprint density at radius 2 is 1.95 bits per heavy atom. The van der Waals surface area contributed by atoms with Gasteiger partial charge >= 0.3 is 0 Å². The topological polar surface area (TPSA) is 21.3 Å². The van der Waals surface area contributed by atoms with Crippen molar-refractivity contribution >= 4 is 0 Å². The molecule has 0 bridgehead atoms. The third kappa shape index (κ3) is 2.99. The van der Waals surface area contributed by atoms with Crippen molar-refractivity contribution in [3.63, 3.8) is 0 Å². The standard InChI is InChI=1S/C17H20FNO/c1-4-19-11-13-10-14(20-3)8-9-16(13)15-6-5-7-17(18)12(15)2/h5-10,19H,4,11H2,1-3H3. The molecule has 2 rings (SSSR count). The van der Waals surface area contributed by atoms with Gasteiger partial charge < -0.3 is 10.1 Å². The Labute approximate surface area is 119 Å². The summed E-state index contributed by atoms with van der Waals surface area (Å²) in [7, 11) is 1.65. The summed E-state index contributed by atoms with van der Waals surface area (Å²) in [5, 5.41) is 3.31. The highest BCUT2D eigenvalue weighted by Crippen LogP contribution is 2.30. The third-order valence-electron chi connectivity index (χ3n) is 3.44. The Kier molecular flexibility index (Phi) is 4.74. The lowest BCUT2D eigenvalue weighted by atomic mass is 9.95. The Balaban J connectivity index is 2.51. The molecular weight excluding hydrogens is 253 g/mol. The van der Waals surface area contributed by atoms with Gasteiger partial charge in [0.05, 0.1) is 7.11 Å². The van der Waals surface area contributed by atoms with Crippen LogP contribution in [-0.4, -0.2) is 13.7 Å². The first kappa shape index (κ1) is 14.5. The quantitative estimate of drug-likeness (QED) is 0.891. The van der Waals surface area contributed by atoms with Gasteiger partial charge in [-0.25, -0.2) is 4.39 Å². The van der Waals surface area contributed by atoms with Crippen molar-refractivity contribution in [3.8, 4) is 16.9 Å². The average molecular weight is 273 g/mol. The number of nitrogens with one attached hydrogen (secondary N) is 1. The van der Waals surface area contributed by atoms with Crippen LogP contribution in [0.4, 0.5) is 4.39 Å². The molecule has 0 aromatic heterocycles. The lowest BCUT2D eigenvalue weighted by Gasteiger charge is -2.14. The van der Waals surface area contributed by atoms with E-state index < -0.39 is 0 Å². The van der Waals surface area contributed by atoms with Gasteiger partial charge in [0.2, 0.25) is 0 Å². The van der Waals surface area contributed by atoms with Crippen molar-refractivity contribution in [2.24, 2.45) is 0 Å². The maximum atomic E-state index is 13.8. The molecule has 3 heteroatoms. The monoisotopic (exact) mass is 273 g/mol. The molecule has 0 radical (unpaired) electrons. The van der Waals surface area contributed by atoms with Gasteiger partial charge in [0.1, 0.15) is 11.6 Å². The van der Waals surface area contributed by atoms with E-state index in [4.69, 9.17) is 4.74 Å². The Hall–Kier alpha value is -1.87. The van der Waals surface area contributed by atoms with Gasteiger partial charge in [-0.05, 0) is 53.9 Å². The SMILES string of the molecule is CCNCc1cc(OC)ccc1-c1cccc(F)c1C. The second-order valence-electron chi connectivity index (χ2n) is 4.72. The molecule has 0 aliphatic carbocycles. The van der Waals surface area contributed by atoms with Crippen molar-refractivity contribution in [1.82, 2.24) is 5.32 Å².